The monoisotopic (exact) mass is 421 g/mol. The summed E-state index contributed by atoms with van der Waals surface area (Å²) in [5.41, 5.74) is 5.56. The van der Waals surface area contributed by atoms with Crippen LogP contribution in [0.25, 0.3) is 10.2 Å². The van der Waals surface area contributed by atoms with E-state index in [9.17, 15) is 4.79 Å². The number of rotatable bonds is 4. The molecule has 2 heterocycles. The van der Waals surface area contributed by atoms with Crippen LogP contribution in [0, 0.1) is 5.41 Å². The van der Waals surface area contributed by atoms with Crippen LogP contribution in [-0.4, -0.2) is 47.7 Å². The van der Waals surface area contributed by atoms with Gasteiger partial charge in [-0.1, -0.05) is 50.6 Å². The number of hydrazone groups is 1. The van der Waals surface area contributed by atoms with Crippen molar-refractivity contribution in [2.75, 3.05) is 36.5 Å². The molecule has 1 aromatic heterocycles. The largest absolute Gasteiger partial charge is 0.365 e. The quantitative estimate of drug-likeness (QED) is 0.566. The lowest BCUT2D eigenvalue weighted by atomic mass is 9.94. The molecule has 1 aromatic carbocycles. The number of hydrogen-bond donors (Lipinski definition) is 1. The van der Waals surface area contributed by atoms with E-state index in [0.29, 0.717) is 18.1 Å². The third-order valence-corrected chi connectivity index (χ3v) is 6.09. The van der Waals surface area contributed by atoms with Crippen molar-refractivity contribution in [3.05, 3.63) is 17.2 Å². The number of amides is 1. The molecule has 0 atom stereocenters. The zero-order chi connectivity index (χ0) is 20.5. The summed E-state index contributed by atoms with van der Waals surface area (Å²) in [4.78, 5) is 21.5. The second kappa shape index (κ2) is 8.25. The first-order valence-corrected chi connectivity index (χ1v) is 10.8. The molecule has 0 unspecified atom stereocenters. The Hall–Kier alpha value is -1.86. The normalized spacial score (nSPS) is 16.0. The maximum atomic E-state index is 12.5. The standard InChI is InChI=1S/C20H28ClN5OS/c1-6-13(2)23-24-19-22-16-15(28-19)8-7-14(21)17(16)25-9-11-26(12-10-25)18(27)20(3,4)5/h7-8H,6,9-12H2,1-5H3,(H,22,24)/b23-13-. The first-order chi connectivity index (χ1) is 13.2. The van der Waals surface area contributed by atoms with E-state index in [4.69, 9.17) is 16.6 Å². The Labute approximate surface area is 175 Å². The summed E-state index contributed by atoms with van der Waals surface area (Å²) in [7, 11) is 0. The highest BCUT2D eigenvalue weighted by Gasteiger charge is 2.30. The number of anilines is 2. The van der Waals surface area contributed by atoms with E-state index in [1.165, 1.54) is 0 Å². The maximum Gasteiger partial charge on any atom is 0.228 e. The van der Waals surface area contributed by atoms with Gasteiger partial charge in [0.25, 0.3) is 0 Å². The molecule has 28 heavy (non-hydrogen) atoms. The van der Waals surface area contributed by atoms with Gasteiger partial charge in [-0.3, -0.25) is 10.2 Å². The predicted octanol–water partition coefficient (Wildman–Crippen LogP) is 4.84. The van der Waals surface area contributed by atoms with E-state index in [-0.39, 0.29) is 11.3 Å². The first kappa shape index (κ1) is 20.9. The Morgan fingerprint density at radius 1 is 1.29 bits per heavy atom. The zero-order valence-electron chi connectivity index (χ0n) is 17.2. The number of carbonyl (C=O) groups is 1. The summed E-state index contributed by atoms with van der Waals surface area (Å²) in [6, 6.07) is 3.92. The lowest BCUT2D eigenvalue weighted by Crippen LogP contribution is -2.51. The van der Waals surface area contributed by atoms with Gasteiger partial charge in [0.2, 0.25) is 11.0 Å². The van der Waals surface area contributed by atoms with Crippen molar-refractivity contribution in [2.45, 2.75) is 41.0 Å². The van der Waals surface area contributed by atoms with Crippen molar-refractivity contribution in [3.63, 3.8) is 0 Å². The predicted molar refractivity (Wildman–Crippen MR) is 120 cm³/mol. The molecule has 152 valence electrons. The number of aromatic nitrogens is 1. The van der Waals surface area contributed by atoms with Crippen molar-refractivity contribution in [2.24, 2.45) is 10.5 Å². The number of fused-ring (bicyclic) bond motifs is 1. The van der Waals surface area contributed by atoms with Crippen molar-refractivity contribution < 1.29 is 4.79 Å². The summed E-state index contributed by atoms with van der Waals surface area (Å²) in [5, 5.41) is 5.79. The van der Waals surface area contributed by atoms with E-state index in [1.807, 2.05) is 44.7 Å². The number of nitrogens with one attached hydrogen (secondary N) is 1. The van der Waals surface area contributed by atoms with Gasteiger partial charge >= 0.3 is 0 Å². The van der Waals surface area contributed by atoms with Crippen LogP contribution in [-0.2, 0) is 4.79 Å². The third-order valence-electron chi connectivity index (χ3n) is 4.86. The van der Waals surface area contributed by atoms with Crippen LogP contribution in [0.15, 0.2) is 17.2 Å². The van der Waals surface area contributed by atoms with Crippen LogP contribution in [0.1, 0.15) is 41.0 Å². The van der Waals surface area contributed by atoms with E-state index in [2.05, 4.69) is 22.4 Å². The number of halogens is 1. The number of hydrogen-bond acceptors (Lipinski definition) is 6. The Bertz CT molecular complexity index is 894. The maximum absolute atomic E-state index is 12.5. The van der Waals surface area contributed by atoms with Crippen LogP contribution in [0.5, 0.6) is 0 Å². The summed E-state index contributed by atoms with van der Waals surface area (Å²) < 4.78 is 1.07. The molecule has 2 aromatic rings. The van der Waals surface area contributed by atoms with Gasteiger partial charge in [-0.05, 0) is 25.5 Å². The molecule has 6 nitrogen and oxygen atoms in total. The lowest BCUT2D eigenvalue weighted by molar-refractivity contribution is -0.139. The smallest absolute Gasteiger partial charge is 0.228 e. The van der Waals surface area contributed by atoms with Gasteiger partial charge in [-0.25, -0.2) is 4.98 Å². The van der Waals surface area contributed by atoms with Gasteiger partial charge in [0.05, 0.1) is 15.4 Å². The average molecular weight is 422 g/mol. The summed E-state index contributed by atoms with van der Waals surface area (Å²) in [6.07, 6.45) is 0.895. The second-order valence-electron chi connectivity index (χ2n) is 8.10. The molecule has 3 rings (SSSR count). The molecular weight excluding hydrogens is 394 g/mol. The SMILES string of the molecule is CC/C(C)=N\Nc1nc2c(N3CCN(C(=O)C(C)(C)C)CC3)c(Cl)ccc2s1. The van der Waals surface area contributed by atoms with Gasteiger partial charge < -0.3 is 9.80 Å². The number of nitrogens with zero attached hydrogens (tertiary/aromatic N) is 4. The van der Waals surface area contributed by atoms with Gasteiger partial charge in [0, 0.05) is 37.3 Å². The highest BCUT2D eigenvalue weighted by atomic mass is 35.5. The second-order valence-corrected chi connectivity index (χ2v) is 9.54. The van der Waals surface area contributed by atoms with E-state index in [0.717, 1.165) is 46.3 Å². The molecule has 1 aliphatic rings. The molecule has 0 bridgehead atoms. The van der Waals surface area contributed by atoms with Gasteiger partial charge in [-0.15, -0.1) is 0 Å². The minimum absolute atomic E-state index is 0.195. The molecule has 1 saturated heterocycles. The fourth-order valence-electron chi connectivity index (χ4n) is 3.13. The Morgan fingerprint density at radius 3 is 2.57 bits per heavy atom. The van der Waals surface area contributed by atoms with Crippen molar-refractivity contribution in [1.82, 2.24) is 9.88 Å². The first-order valence-electron chi connectivity index (χ1n) is 9.63. The average Bonchev–Trinajstić information content (AvgIpc) is 3.08. The number of benzene rings is 1. The molecule has 1 amide bonds. The van der Waals surface area contributed by atoms with E-state index in [1.54, 1.807) is 11.3 Å². The Kier molecular flexibility index (Phi) is 6.15. The minimum atomic E-state index is -0.355. The molecule has 8 heteroatoms. The van der Waals surface area contributed by atoms with Crippen LogP contribution in [0.2, 0.25) is 5.02 Å². The van der Waals surface area contributed by atoms with Crippen LogP contribution < -0.4 is 10.3 Å². The van der Waals surface area contributed by atoms with Crippen molar-refractivity contribution in [3.8, 4) is 0 Å². The number of carbonyl (C=O) groups excluding carboxylic acids is 1. The Balaban J connectivity index is 1.82. The van der Waals surface area contributed by atoms with Crippen LogP contribution in [0.3, 0.4) is 0 Å². The highest BCUT2D eigenvalue weighted by molar-refractivity contribution is 7.22. The Morgan fingerprint density at radius 2 is 1.96 bits per heavy atom. The lowest BCUT2D eigenvalue weighted by Gasteiger charge is -2.39. The molecular formula is C20H28ClN5OS. The minimum Gasteiger partial charge on any atom is -0.365 e. The van der Waals surface area contributed by atoms with Gasteiger partial charge in [0.1, 0.15) is 5.52 Å². The molecule has 0 aliphatic carbocycles. The summed E-state index contributed by atoms with van der Waals surface area (Å²) in [5.74, 6) is 0.195. The number of thiazole rings is 1. The molecule has 1 fully saturated rings. The summed E-state index contributed by atoms with van der Waals surface area (Å²) >= 11 is 8.13. The topological polar surface area (TPSA) is 60.8 Å². The van der Waals surface area contributed by atoms with Crippen LogP contribution in [0.4, 0.5) is 10.8 Å². The highest BCUT2D eigenvalue weighted by Crippen LogP contribution is 2.38. The third kappa shape index (κ3) is 4.41. The fraction of sp³-hybridized carbons (Fsp3) is 0.550. The molecule has 1 aliphatic heterocycles. The van der Waals surface area contributed by atoms with Crippen LogP contribution >= 0.6 is 22.9 Å². The van der Waals surface area contributed by atoms with E-state index < -0.39 is 0 Å². The zero-order valence-corrected chi connectivity index (χ0v) is 18.7. The fourth-order valence-corrected chi connectivity index (χ4v) is 4.22. The molecule has 0 radical (unpaired) electrons. The molecule has 0 spiro atoms. The van der Waals surface area contributed by atoms with Gasteiger partial charge in [-0.2, -0.15) is 5.10 Å². The molecule has 1 N–H and O–H groups in total. The van der Waals surface area contributed by atoms with Crippen molar-refractivity contribution >= 4 is 55.6 Å². The van der Waals surface area contributed by atoms with Gasteiger partial charge in [0.15, 0.2) is 0 Å². The van der Waals surface area contributed by atoms with Crippen molar-refractivity contribution in [1.29, 1.82) is 0 Å². The number of piperazine rings is 1. The molecule has 0 saturated carbocycles. The van der Waals surface area contributed by atoms with E-state index >= 15 is 0 Å². The summed E-state index contributed by atoms with van der Waals surface area (Å²) in [6.45, 7) is 12.8.